The second-order valence-electron chi connectivity index (χ2n) is 6.79. The maximum Gasteiger partial charge on any atom is 0.0765 e. The first-order chi connectivity index (χ1) is 10.0. The second-order valence-corrected chi connectivity index (χ2v) is 6.79. The van der Waals surface area contributed by atoms with Crippen LogP contribution in [-0.2, 0) is 6.54 Å². The van der Waals surface area contributed by atoms with Crippen molar-refractivity contribution in [2.24, 2.45) is 5.92 Å². The molecule has 120 valence electrons. The summed E-state index contributed by atoms with van der Waals surface area (Å²) in [6.07, 6.45) is 4.46. The number of rotatable bonds is 6. The van der Waals surface area contributed by atoms with Crippen LogP contribution in [0.4, 0.5) is 0 Å². The van der Waals surface area contributed by atoms with Gasteiger partial charge in [-0.15, -0.1) is 0 Å². The highest BCUT2D eigenvalue weighted by Gasteiger charge is 2.28. The lowest BCUT2D eigenvalue weighted by Gasteiger charge is -2.41. The molecule has 0 amide bonds. The molecule has 1 aromatic rings. The van der Waals surface area contributed by atoms with Gasteiger partial charge < -0.3 is 5.32 Å². The molecule has 2 heterocycles. The Hall–Kier alpha value is -0.870. The van der Waals surface area contributed by atoms with Crippen LogP contribution in [-0.4, -0.2) is 39.9 Å². The highest BCUT2D eigenvalue weighted by atomic mass is 15.3. The van der Waals surface area contributed by atoms with E-state index in [9.17, 15) is 0 Å². The van der Waals surface area contributed by atoms with Gasteiger partial charge in [0.25, 0.3) is 0 Å². The fourth-order valence-corrected chi connectivity index (χ4v) is 3.03. The van der Waals surface area contributed by atoms with Crippen molar-refractivity contribution in [1.29, 1.82) is 0 Å². The normalized spacial score (nSPS) is 25.4. The largest absolute Gasteiger partial charge is 0.311 e. The second kappa shape index (κ2) is 7.41. The summed E-state index contributed by atoms with van der Waals surface area (Å²) in [7, 11) is 0. The van der Waals surface area contributed by atoms with E-state index in [2.05, 4.69) is 61.8 Å². The fraction of sp³-hybridized carbons (Fsp3) is 0.824. The van der Waals surface area contributed by atoms with Gasteiger partial charge in [0, 0.05) is 44.0 Å². The van der Waals surface area contributed by atoms with E-state index in [-0.39, 0.29) is 0 Å². The zero-order valence-corrected chi connectivity index (χ0v) is 14.3. The zero-order valence-electron chi connectivity index (χ0n) is 14.3. The van der Waals surface area contributed by atoms with E-state index in [4.69, 9.17) is 5.10 Å². The maximum atomic E-state index is 4.77. The molecule has 0 saturated carbocycles. The Kier molecular flexibility index (Phi) is 5.82. The molecule has 1 aliphatic heterocycles. The van der Waals surface area contributed by atoms with Gasteiger partial charge in [-0.1, -0.05) is 27.7 Å². The van der Waals surface area contributed by atoms with Crippen molar-refractivity contribution in [3.63, 3.8) is 0 Å². The number of nitrogens with one attached hydrogen (secondary N) is 1. The van der Waals surface area contributed by atoms with Gasteiger partial charge in [0.2, 0.25) is 0 Å². The molecule has 1 saturated heterocycles. The van der Waals surface area contributed by atoms with E-state index >= 15 is 0 Å². The van der Waals surface area contributed by atoms with Crippen molar-refractivity contribution in [3.8, 4) is 0 Å². The minimum absolute atomic E-state index is 0.493. The smallest absolute Gasteiger partial charge is 0.0765 e. The maximum absolute atomic E-state index is 4.77. The van der Waals surface area contributed by atoms with Gasteiger partial charge in [0.05, 0.1) is 5.69 Å². The Morgan fingerprint density at radius 2 is 2.10 bits per heavy atom. The van der Waals surface area contributed by atoms with Crippen LogP contribution in [0.15, 0.2) is 12.3 Å². The van der Waals surface area contributed by atoms with Crippen molar-refractivity contribution < 1.29 is 0 Å². The molecule has 1 N–H and O–H groups in total. The molecule has 4 heteroatoms. The molecule has 1 aromatic heterocycles. The molecule has 4 nitrogen and oxygen atoms in total. The van der Waals surface area contributed by atoms with E-state index in [1.807, 2.05) is 0 Å². The zero-order chi connectivity index (χ0) is 15.4. The van der Waals surface area contributed by atoms with Gasteiger partial charge in [-0.25, -0.2) is 0 Å². The lowest BCUT2D eigenvalue weighted by atomic mass is 9.98. The Labute approximate surface area is 129 Å². The van der Waals surface area contributed by atoms with Crippen molar-refractivity contribution in [1.82, 2.24) is 20.0 Å². The van der Waals surface area contributed by atoms with Crippen LogP contribution in [0.25, 0.3) is 0 Å². The molecule has 2 rings (SSSR count). The van der Waals surface area contributed by atoms with Gasteiger partial charge in [0.15, 0.2) is 0 Å². The SMILES string of the molecule is CCC1CNC(C(C)C)CN1Cc1ccn(C(C)CC)n1. The molecule has 0 aliphatic carbocycles. The highest BCUT2D eigenvalue weighted by molar-refractivity contribution is 5.01. The highest BCUT2D eigenvalue weighted by Crippen LogP contribution is 2.18. The lowest BCUT2D eigenvalue weighted by Crippen LogP contribution is -2.57. The molecule has 1 aliphatic rings. The summed E-state index contributed by atoms with van der Waals surface area (Å²) < 4.78 is 2.11. The summed E-state index contributed by atoms with van der Waals surface area (Å²) in [5, 5.41) is 8.47. The number of hydrogen-bond donors (Lipinski definition) is 1. The average Bonchev–Trinajstić information content (AvgIpc) is 2.94. The van der Waals surface area contributed by atoms with E-state index in [0.717, 1.165) is 26.1 Å². The summed E-state index contributed by atoms with van der Waals surface area (Å²) in [6, 6.07) is 3.91. The summed E-state index contributed by atoms with van der Waals surface area (Å²) in [5.74, 6) is 0.683. The first-order valence-corrected chi connectivity index (χ1v) is 8.56. The first-order valence-electron chi connectivity index (χ1n) is 8.56. The van der Waals surface area contributed by atoms with Crippen LogP contribution in [0.1, 0.15) is 59.2 Å². The van der Waals surface area contributed by atoms with E-state index in [1.165, 1.54) is 12.1 Å². The molecule has 3 unspecified atom stereocenters. The van der Waals surface area contributed by atoms with Crippen LogP contribution in [0.2, 0.25) is 0 Å². The third-order valence-corrected chi connectivity index (χ3v) is 4.91. The monoisotopic (exact) mass is 292 g/mol. The summed E-state index contributed by atoms with van der Waals surface area (Å²) >= 11 is 0. The van der Waals surface area contributed by atoms with Gasteiger partial charge in [-0.3, -0.25) is 9.58 Å². The Morgan fingerprint density at radius 3 is 2.71 bits per heavy atom. The summed E-state index contributed by atoms with van der Waals surface area (Å²) in [5.41, 5.74) is 1.21. The summed E-state index contributed by atoms with van der Waals surface area (Å²) in [6.45, 7) is 14.5. The van der Waals surface area contributed by atoms with Crippen molar-refractivity contribution in [2.75, 3.05) is 13.1 Å². The van der Waals surface area contributed by atoms with Gasteiger partial charge >= 0.3 is 0 Å². The Balaban J connectivity index is 2.02. The Bertz CT molecular complexity index is 426. The lowest BCUT2D eigenvalue weighted by molar-refractivity contribution is 0.102. The molecular formula is C17H32N4. The summed E-state index contributed by atoms with van der Waals surface area (Å²) in [4.78, 5) is 2.62. The number of hydrogen-bond acceptors (Lipinski definition) is 3. The molecule has 0 aromatic carbocycles. The van der Waals surface area contributed by atoms with Crippen molar-refractivity contribution in [3.05, 3.63) is 18.0 Å². The Morgan fingerprint density at radius 1 is 1.33 bits per heavy atom. The van der Waals surface area contributed by atoms with Crippen LogP contribution in [0, 0.1) is 5.92 Å². The molecule has 1 fully saturated rings. The third-order valence-electron chi connectivity index (χ3n) is 4.91. The van der Waals surface area contributed by atoms with Crippen LogP contribution in [0.5, 0.6) is 0 Å². The quantitative estimate of drug-likeness (QED) is 0.875. The fourth-order valence-electron chi connectivity index (χ4n) is 3.03. The molecule has 0 bridgehead atoms. The average molecular weight is 292 g/mol. The van der Waals surface area contributed by atoms with E-state index < -0.39 is 0 Å². The molecular weight excluding hydrogens is 260 g/mol. The molecule has 0 radical (unpaired) electrons. The molecule has 3 atom stereocenters. The van der Waals surface area contributed by atoms with Gasteiger partial charge in [-0.05, 0) is 31.7 Å². The minimum atomic E-state index is 0.493. The van der Waals surface area contributed by atoms with Gasteiger partial charge in [0.1, 0.15) is 0 Å². The number of piperazine rings is 1. The van der Waals surface area contributed by atoms with Crippen LogP contribution >= 0.6 is 0 Å². The molecule has 0 spiro atoms. The van der Waals surface area contributed by atoms with Crippen molar-refractivity contribution in [2.45, 2.75) is 72.1 Å². The third kappa shape index (κ3) is 4.07. The standard InChI is InChI=1S/C17H32N4/c1-6-14(5)21-9-8-15(19-21)11-20-12-17(13(3)4)18-10-16(20)7-2/h8-9,13-14,16-18H,6-7,10-12H2,1-5H3. The van der Waals surface area contributed by atoms with Crippen LogP contribution < -0.4 is 5.32 Å². The van der Waals surface area contributed by atoms with E-state index in [0.29, 0.717) is 24.0 Å². The van der Waals surface area contributed by atoms with Crippen LogP contribution in [0.3, 0.4) is 0 Å². The van der Waals surface area contributed by atoms with Crippen molar-refractivity contribution >= 4 is 0 Å². The van der Waals surface area contributed by atoms with Gasteiger partial charge in [-0.2, -0.15) is 5.10 Å². The first kappa shape index (κ1) is 16.5. The van der Waals surface area contributed by atoms with E-state index in [1.54, 1.807) is 0 Å². The predicted octanol–water partition coefficient (Wildman–Crippen LogP) is 3.06. The predicted molar refractivity (Wildman–Crippen MR) is 88.3 cm³/mol. The minimum Gasteiger partial charge on any atom is -0.311 e. The number of nitrogens with zero attached hydrogens (tertiary/aromatic N) is 3. The molecule has 21 heavy (non-hydrogen) atoms. The number of aromatic nitrogens is 2. The topological polar surface area (TPSA) is 33.1 Å².